The van der Waals surface area contributed by atoms with Crippen LogP contribution >= 0.6 is 0 Å². The topological polar surface area (TPSA) is 74.0 Å². The van der Waals surface area contributed by atoms with Crippen LogP contribution in [0.4, 0.5) is 4.79 Å². The standard InChI is InChI=1S/C15H22N2O4/c1-11(2)15(13(18)19)6-7-17(10-15)14(20)16(3)9-12-5-4-8-21-12/h4-5,8,11H,6-7,9-10H2,1-3H3,(H,18,19). The van der Waals surface area contributed by atoms with E-state index in [0.29, 0.717) is 25.3 Å². The highest BCUT2D eigenvalue weighted by Crippen LogP contribution is 2.38. The lowest BCUT2D eigenvalue weighted by Gasteiger charge is -2.30. The summed E-state index contributed by atoms with van der Waals surface area (Å²) >= 11 is 0. The molecule has 116 valence electrons. The van der Waals surface area contributed by atoms with Crippen LogP contribution in [0.5, 0.6) is 0 Å². The van der Waals surface area contributed by atoms with Crippen LogP contribution in [-0.2, 0) is 11.3 Å². The number of nitrogens with zero attached hydrogens (tertiary/aromatic N) is 2. The van der Waals surface area contributed by atoms with Crippen LogP contribution in [-0.4, -0.2) is 47.0 Å². The van der Waals surface area contributed by atoms with Crippen molar-refractivity contribution in [2.45, 2.75) is 26.8 Å². The van der Waals surface area contributed by atoms with Crippen molar-refractivity contribution in [2.75, 3.05) is 20.1 Å². The first-order valence-electron chi connectivity index (χ1n) is 7.12. The van der Waals surface area contributed by atoms with Gasteiger partial charge in [0.25, 0.3) is 0 Å². The number of rotatable bonds is 4. The second-order valence-electron chi connectivity index (χ2n) is 6.01. The van der Waals surface area contributed by atoms with E-state index in [0.717, 1.165) is 0 Å². The number of aliphatic carboxylic acids is 1. The van der Waals surface area contributed by atoms with E-state index in [1.807, 2.05) is 19.9 Å². The van der Waals surface area contributed by atoms with Gasteiger partial charge in [0.2, 0.25) is 0 Å². The summed E-state index contributed by atoms with van der Waals surface area (Å²) in [6.07, 6.45) is 2.07. The maximum atomic E-state index is 12.4. The van der Waals surface area contributed by atoms with Crippen molar-refractivity contribution in [2.24, 2.45) is 11.3 Å². The molecule has 6 heteroatoms. The van der Waals surface area contributed by atoms with Gasteiger partial charge in [0.1, 0.15) is 5.76 Å². The van der Waals surface area contributed by atoms with Gasteiger partial charge in [-0.15, -0.1) is 0 Å². The van der Waals surface area contributed by atoms with Gasteiger partial charge in [0, 0.05) is 20.1 Å². The van der Waals surface area contributed by atoms with Crippen LogP contribution < -0.4 is 0 Å². The van der Waals surface area contributed by atoms with E-state index in [2.05, 4.69) is 0 Å². The smallest absolute Gasteiger partial charge is 0.320 e. The number of hydrogen-bond donors (Lipinski definition) is 1. The van der Waals surface area contributed by atoms with Crippen molar-refractivity contribution in [3.63, 3.8) is 0 Å². The number of amides is 2. The molecule has 2 rings (SSSR count). The van der Waals surface area contributed by atoms with Gasteiger partial charge in [-0.1, -0.05) is 13.8 Å². The van der Waals surface area contributed by atoms with Gasteiger partial charge in [-0.2, -0.15) is 0 Å². The Morgan fingerprint density at radius 1 is 1.52 bits per heavy atom. The fourth-order valence-electron chi connectivity index (χ4n) is 2.83. The molecule has 2 heterocycles. The monoisotopic (exact) mass is 294 g/mol. The van der Waals surface area contributed by atoms with Gasteiger partial charge in [-0.3, -0.25) is 4.79 Å². The van der Waals surface area contributed by atoms with E-state index in [-0.39, 0.29) is 18.5 Å². The Bertz CT molecular complexity index is 512. The quantitative estimate of drug-likeness (QED) is 0.924. The van der Waals surface area contributed by atoms with E-state index in [1.165, 1.54) is 0 Å². The molecular formula is C15H22N2O4. The third-order valence-electron chi connectivity index (χ3n) is 4.40. The Morgan fingerprint density at radius 2 is 2.24 bits per heavy atom. The zero-order valence-electron chi connectivity index (χ0n) is 12.7. The molecular weight excluding hydrogens is 272 g/mol. The molecule has 0 bridgehead atoms. The van der Waals surface area contributed by atoms with Gasteiger partial charge >= 0.3 is 12.0 Å². The molecule has 0 saturated carbocycles. The molecule has 0 aromatic carbocycles. The van der Waals surface area contributed by atoms with Crippen LogP contribution in [0.2, 0.25) is 0 Å². The fourth-order valence-corrected chi connectivity index (χ4v) is 2.83. The molecule has 1 saturated heterocycles. The van der Waals surface area contributed by atoms with E-state index >= 15 is 0 Å². The summed E-state index contributed by atoms with van der Waals surface area (Å²) in [5.41, 5.74) is -0.832. The average Bonchev–Trinajstić information content (AvgIpc) is 3.06. The van der Waals surface area contributed by atoms with E-state index in [9.17, 15) is 14.7 Å². The highest BCUT2D eigenvalue weighted by molar-refractivity contribution is 5.80. The molecule has 1 aromatic heterocycles. The molecule has 1 N–H and O–H groups in total. The first kappa shape index (κ1) is 15.4. The normalized spacial score (nSPS) is 21.8. The fraction of sp³-hybridized carbons (Fsp3) is 0.600. The summed E-state index contributed by atoms with van der Waals surface area (Å²) in [6.45, 7) is 4.92. The van der Waals surface area contributed by atoms with Gasteiger partial charge in [-0.25, -0.2) is 4.79 Å². The van der Waals surface area contributed by atoms with Gasteiger partial charge in [-0.05, 0) is 24.5 Å². The Balaban J connectivity index is 2.03. The van der Waals surface area contributed by atoms with Crippen molar-refractivity contribution in [1.29, 1.82) is 0 Å². The minimum absolute atomic E-state index is 0.0109. The lowest BCUT2D eigenvalue weighted by molar-refractivity contribution is -0.150. The van der Waals surface area contributed by atoms with Crippen molar-refractivity contribution in [1.82, 2.24) is 9.80 Å². The number of carbonyl (C=O) groups is 2. The molecule has 1 aliphatic rings. The number of carboxylic acid groups (broad SMARTS) is 1. The summed E-state index contributed by atoms with van der Waals surface area (Å²) in [7, 11) is 1.70. The summed E-state index contributed by atoms with van der Waals surface area (Å²) in [5.74, 6) is -0.122. The van der Waals surface area contributed by atoms with E-state index in [1.54, 1.807) is 29.2 Å². The first-order chi connectivity index (χ1) is 9.86. The van der Waals surface area contributed by atoms with Gasteiger partial charge in [0.15, 0.2) is 0 Å². The Hall–Kier alpha value is -1.98. The van der Waals surface area contributed by atoms with Gasteiger partial charge in [0.05, 0.1) is 18.2 Å². The Labute approximate surface area is 124 Å². The van der Waals surface area contributed by atoms with E-state index < -0.39 is 11.4 Å². The molecule has 0 spiro atoms. The highest BCUT2D eigenvalue weighted by atomic mass is 16.4. The number of carbonyl (C=O) groups excluding carboxylic acids is 1. The van der Waals surface area contributed by atoms with E-state index in [4.69, 9.17) is 4.42 Å². The molecule has 1 atom stereocenters. The van der Waals surface area contributed by atoms with Crippen molar-refractivity contribution < 1.29 is 19.1 Å². The number of hydrogen-bond acceptors (Lipinski definition) is 3. The zero-order chi connectivity index (χ0) is 15.6. The number of likely N-dealkylation sites (tertiary alicyclic amines) is 1. The molecule has 1 fully saturated rings. The zero-order valence-corrected chi connectivity index (χ0v) is 12.7. The van der Waals surface area contributed by atoms with Crippen LogP contribution in [0.3, 0.4) is 0 Å². The lowest BCUT2D eigenvalue weighted by Crippen LogP contribution is -2.44. The van der Waals surface area contributed by atoms with Crippen molar-refractivity contribution in [3.05, 3.63) is 24.2 Å². The summed E-state index contributed by atoms with van der Waals surface area (Å²) in [4.78, 5) is 27.2. The van der Waals surface area contributed by atoms with Crippen LogP contribution in [0, 0.1) is 11.3 Å². The molecule has 6 nitrogen and oxygen atoms in total. The number of furan rings is 1. The van der Waals surface area contributed by atoms with Crippen molar-refractivity contribution >= 4 is 12.0 Å². The lowest BCUT2D eigenvalue weighted by atomic mass is 9.76. The molecule has 1 aromatic rings. The van der Waals surface area contributed by atoms with Crippen LogP contribution in [0.15, 0.2) is 22.8 Å². The molecule has 1 unspecified atom stereocenters. The first-order valence-corrected chi connectivity index (χ1v) is 7.12. The Kier molecular flexibility index (Phi) is 4.25. The summed E-state index contributed by atoms with van der Waals surface area (Å²) < 4.78 is 5.23. The largest absolute Gasteiger partial charge is 0.481 e. The summed E-state index contributed by atoms with van der Waals surface area (Å²) in [5, 5.41) is 9.51. The van der Waals surface area contributed by atoms with Crippen molar-refractivity contribution in [3.8, 4) is 0 Å². The molecule has 0 aliphatic carbocycles. The predicted octanol–water partition coefficient (Wildman–Crippen LogP) is 2.26. The van der Waals surface area contributed by atoms with Gasteiger partial charge < -0.3 is 19.3 Å². The van der Waals surface area contributed by atoms with Crippen LogP contribution in [0.1, 0.15) is 26.0 Å². The summed E-state index contributed by atoms with van der Waals surface area (Å²) in [6, 6.07) is 3.43. The molecule has 1 aliphatic heterocycles. The maximum absolute atomic E-state index is 12.4. The highest BCUT2D eigenvalue weighted by Gasteiger charge is 2.48. The minimum Gasteiger partial charge on any atom is -0.481 e. The number of urea groups is 1. The second-order valence-corrected chi connectivity index (χ2v) is 6.01. The molecule has 2 amide bonds. The minimum atomic E-state index is -0.832. The Morgan fingerprint density at radius 3 is 2.71 bits per heavy atom. The number of carboxylic acids is 1. The average molecular weight is 294 g/mol. The third-order valence-corrected chi connectivity index (χ3v) is 4.40. The maximum Gasteiger partial charge on any atom is 0.320 e. The SMILES string of the molecule is CC(C)C1(C(=O)O)CCN(C(=O)N(C)Cc2ccco2)C1. The third kappa shape index (κ3) is 2.89. The molecule has 21 heavy (non-hydrogen) atoms. The predicted molar refractivity (Wildman–Crippen MR) is 76.7 cm³/mol. The second kappa shape index (κ2) is 5.79. The van der Waals surface area contributed by atoms with Crippen LogP contribution in [0.25, 0.3) is 0 Å². The molecule has 0 radical (unpaired) electrons.